The van der Waals surface area contributed by atoms with Crippen LogP contribution >= 0.6 is 11.6 Å². The first-order valence-corrected chi connectivity index (χ1v) is 19.6. The topological polar surface area (TPSA) is 111 Å². The van der Waals surface area contributed by atoms with Crippen molar-refractivity contribution in [1.29, 1.82) is 5.26 Å². The smallest absolute Gasteiger partial charge is 0.142 e. The van der Waals surface area contributed by atoms with Crippen LogP contribution in [0.5, 0.6) is 17.2 Å². The van der Waals surface area contributed by atoms with E-state index in [4.69, 9.17) is 25.8 Å². The van der Waals surface area contributed by atoms with Crippen LogP contribution in [0.15, 0.2) is 67.0 Å². The monoisotopic (exact) mass is 752 g/mol. The van der Waals surface area contributed by atoms with Crippen LogP contribution in [0.3, 0.4) is 0 Å². The predicted octanol–water partition coefficient (Wildman–Crippen LogP) is 7.87. The van der Waals surface area contributed by atoms with Gasteiger partial charge in [-0.05, 0) is 106 Å². The second-order valence-corrected chi connectivity index (χ2v) is 15.2. The van der Waals surface area contributed by atoms with Crippen molar-refractivity contribution in [3.63, 3.8) is 0 Å². The van der Waals surface area contributed by atoms with Crippen LogP contribution in [0, 0.1) is 31.1 Å². The average Bonchev–Trinajstić information content (AvgIpc) is 3.18. The van der Waals surface area contributed by atoms with E-state index in [-0.39, 0.29) is 19.1 Å². The van der Waals surface area contributed by atoms with Gasteiger partial charge in [0.2, 0.25) is 0 Å². The van der Waals surface area contributed by atoms with E-state index in [2.05, 4.69) is 65.9 Å². The Morgan fingerprint density at radius 2 is 1.69 bits per heavy atom. The van der Waals surface area contributed by atoms with Crippen LogP contribution in [0.25, 0.3) is 11.1 Å². The van der Waals surface area contributed by atoms with Crippen LogP contribution in [-0.4, -0.2) is 76.5 Å². The molecule has 2 aliphatic rings. The average molecular weight is 753 g/mol. The van der Waals surface area contributed by atoms with Gasteiger partial charge in [-0.1, -0.05) is 48.4 Å². The largest absolute Gasteiger partial charge is 0.493 e. The number of piperidine rings is 2. The number of halogens is 1. The highest BCUT2D eigenvalue weighted by molar-refractivity contribution is 6.32. The molecule has 0 bridgehead atoms. The third kappa shape index (κ3) is 9.92. The second kappa shape index (κ2) is 18.9. The van der Waals surface area contributed by atoms with E-state index in [0.29, 0.717) is 47.9 Å². The highest BCUT2D eigenvalue weighted by atomic mass is 35.5. The molecule has 0 aliphatic carbocycles. The lowest BCUT2D eigenvalue weighted by Crippen LogP contribution is -2.45. The lowest BCUT2D eigenvalue weighted by atomic mass is 9.93. The highest BCUT2D eigenvalue weighted by Crippen LogP contribution is 2.37. The number of rotatable bonds is 15. The molecule has 0 spiro atoms. The van der Waals surface area contributed by atoms with Gasteiger partial charge in [-0.2, -0.15) is 5.26 Å². The number of pyridine rings is 1. The molecule has 3 atom stereocenters. The van der Waals surface area contributed by atoms with E-state index < -0.39 is 6.10 Å². The number of benzene rings is 3. The Kier molecular flexibility index (Phi) is 13.9. The molecule has 1 aromatic heterocycles. The quantitative estimate of drug-likeness (QED) is 0.117. The number of nitriles is 1. The summed E-state index contributed by atoms with van der Waals surface area (Å²) in [6, 6.07) is 20.8. The van der Waals surface area contributed by atoms with Crippen LogP contribution < -0.4 is 14.2 Å². The molecule has 0 saturated carbocycles. The minimum absolute atomic E-state index is 0.0176. The van der Waals surface area contributed by atoms with Crippen LogP contribution in [0.2, 0.25) is 5.02 Å². The van der Waals surface area contributed by atoms with Gasteiger partial charge in [0.15, 0.2) is 0 Å². The first-order valence-electron chi connectivity index (χ1n) is 19.2. The minimum atomic E-state index is -0.473. The van der Waals surface area contributed by atoms with Gasteiger partial charge in [0.05, 0.1) is 23.3 Å². The van der Waals surface area contributed by atoms with E-state index in [1.807, 2.05) is 24.3 Å². The first-order chi connectivity index (χ1) is 26.2. The maximum absolute atomic E-state index is 10.3. The molecule has 3 heterocycles. The standard InChI is InChI=1S/C44H53ClN4O5/c1-30-9-4-5-16-49(30)25-37-20-40(45)44(21-43(37)53-28-34-19-33(22-46)23-47-24-34)54-29-36-10-6-11-38(31(36)2)39-12-7-13-42(32(39)3)52-18-8-15-48-17-14-35(27-50)41(51)26-48/h6-7,10-13,19-21,23-24,30,35,41,50-51H,4-5,8-9,14-18,25-29H2,1-3H3/t30-,35-,41-/m1/s1. The number of hydrogen-bond acceptors (Lipinski definition) is 9. The number of nitrogens with zero attached hydrogens (tertiary/aromatic N) is 4. The number of aliphatic hydroxyl groups excluding tert-OH is 2. The van der Waals surface area contributed by atoms with Gasteiger partial charge in [-0.3, -0.25) is 9.88 Å². The lowest BCUT2D eigenvalue weighted by Gasteiger charge is -2.35. The van der Waals surface area contributed by atoms with Crippen molar-refractivity contribution in [1.82, 2.24) is 14.8 Å². The fourth-order valence-corrected chi connectivity index (χ4v) is 7.87. The molecule has 2 aliphatic heterocycles. The molecule has 6 rings (SSSR count). The summed E-state index contributed by atoms with van der Waals surface area (Å²) < 4.78 is 19.1. The maximum atomic E-state index is 10.3. The van der Waals surface area contributed by atoms with Crippen molar-refractivity contribution in [3.8, 4) is 34.4 Å². The van der Waals surface area contributed by atoms with Crippen molar-refractivity contribution in [2.24, 2.45) is 5.92 Å². The summed E-state index contributed by atoms with van der Waals surface area (Å²) >= 11 is 6.92. The zero-order valence-corrected chi connectivity index (χ0v) is 32.5. The molecule has 3 aromatic carbocycles. The molecule has 9 nitrogen and oxygen atoms in total. The molecular weight excluding hydrogens is 700 g/mol. The van der Waals surface area contributed by atoms with Crippen molar-refractivity contribution >= 4 is 11.6 Å². The van der Waals surface area contributed by atoms with Gasteiger partial charge in [-0.15, -0.1) is 0 Å². The van der Waals surface area contributed by atoms with Crippen LogP contribution in [0.4, 0.5) is 0 Å². The number of aliphatic hydroxyl groups is 2. The SMILES string of the molecule is Cc1c(COc2cc(OCc3cncc(C#N)c3)c(CN3CCCC[C@H]3C)cc2Cl)cccc1-c1cccc(OCCCN2CC[C@H](CO)[C@H](O)C2)c1C. The molecule has 0 unspecified atom stereocenters. The number of ether oxygens (including phenoxy) is 3. The summed E-state index contributed by atoms with van der Waals surface area (Å²) in [5.74, 6) is 2.10. The molecule has 10 heteroatoms. The molecule has 286 valence electrons. The van der Waals surface area contributed by atoms with Crippen molar-refractivity contribution < 1.29 is 24.4 Å². The highest BCUT2D eigenvalue weighted by Gasteiger charge is 2.27. The number of aromatic nitrogens is 1. The molecule has 54 heavy (non-hydrogen) atoms. The number of β-amino-alcohol motifs (C(OH)–C–C–N with tert-alkyl or cyclic N) is 1. The van der Waals surface area contributed by atoms with E-state index >= 15 is 0 Å². The summed E-state index contributed by atoms with van der Waals surface area (Å²) in [6.07, 6.45) is 8.06. The van der Waals surface area contributed by atoms with Gasteiger partial charge >= 0.3 is 0 Å². The summed E-state index contributed by atoms with van der Waals surface area (Å²) in [7, 11) is 0. The lowest BCUT2D eigenvalue weighted by molar-refractivity contribution is -0.00293. The molecule has 2 fully saturated rings. The van der Waals surface area contributed by atoms with Crippen molar-refractivity contribution in [3.05, 3.63) is 105 Å². The Bertz CT molecular complexity index is 1910. The summed E-state index contributed by atoms with van der Waals surface area (Å²) in [5, 5.41) is 29.6. The minimum Gasteiger partial charge on any atom is -0.493 e. The second-order valence-electron chi connectivity index (χ2n) is 14.8. The van der Waals surface area contributed by atoms with Crippen LogP contribution in [-0.2, 0) is 19.8 Å². The molecule has 4 aromatic rings. The zero-order valence-electron chi connectivity index (χ0n) is 31.8. The normalized spacial score (nSPS) is 19.3. The van der Waals surface area contributed by atoms with E-state index in [1.165, 1.54) is 19.3 Å². The number of likely N-dealkylation sites (tertiary alicyclic amines) is 2. The fourth-order valence-electron chi connectivity index (χ4n) is 7.63. The van der Waals surface area contributed by atoms with Crippen molar-refractivity contribution in [2.45, 2.75) is 84.8 Å². The van der Waals surface area contributed by atoms with E-state index in [9.17, 15) is 15.5 Å². The Hall–Kier alpha value is -4.17. The third-order valence-electron chi connectivity index (χ3n) is 11.1. The van der Waals surface area contributed by atoms with Gasteiger partial charge in [-0.25, -0.2) is 0 Å². The van der Waals surface area contributed by atoms with Gasteiger partial charge < -0.3 is 29.3 Å². The van der Waals surface area contributed by atoms with Crippen LogP contribution in [0.1, 0.15) is 72.4 Å². The number of hydrogen-bond donors (Lipinski definition) is 2. The molecule has 2 saturated heterocycles. The Morgan fingerprint density at radius 3 is 2.46 bits per heavy atom. The molecular formula is C44H53ClN4O5. The third-order valence-corrected chi connectivity index (χ3v) is 11.4. The zero-order chi connectivity index (χ0) is 38.0. The predicted molar refractivity (Wildman–Crippen MR) is 212 cm³/mol. The van der Waals surface area contributed by atoms with Gasteiger partial charge in [0.1, 0.15) is 36.5 Å². The summed E-state index contributed by atoms with van der Waals surface area (Å²) in [6.45, 7) is 11.8. The Morgan fingerprint density at radius 1 is 0.889 bits per heavy atom. The maximum Gasteiger partial charge on any atom is 0.142 e. The Balaban J connectivity index is 1.14. The summed E-state index contributed by atoms with van der Waals surface area (Å²) in [5.41, 5.74) is 7.80. The summed E-state index contributed by atoms with van der Waals surface area (Å²) in [4.78, 5) is 8.93. The van der Waals surface area contributed by atoms with Gasteiger partial charge in [0.25, 0.3) is 0 Å². The van der Waals surface area contributed by atoms with Gasteiger partial charge in [0, 0.05) is 67.8 Å². The molecule has 0 radical (unpaired) electrons. The first kappa shape index (κ1) is 39.5. The van der Waals surface area contributed by atoms with E-state index in [1.54, 1.807) is 18.5 Å². The molecule has 0 amide bonds. The van der Waals surface area contributed by atoms with E-state index in [0.717, 1.165) is 83.7 Å². The Labute approximate surface area is 325 Å². The fraction of sp³-hybridized carbons (Fsp3) is 0.455. The van der Waals surface area contributed by atoms with Crippen molar-refractivity contribution in [2.75, 3.05) is 39.4 Å². The molecule has 2 N–H and O–H groups in total.